The Morgan fingerprint density at radius 2 is 1.67 bits per heavy atom. The van der Waals surface area contributed by atoms with Crippen molar-refractivity contribution >= 4 is 15.9 Å². The second kappa shape index (κ2) is 5.83. The highest BCUT2D eigenvalue weighted by Crippen LogP contribution is 2.33. The van der Waals surface area contributed by atoms with Gasteiger partial charge in [-0.3, -0.25) is 0 Å². The van der Waals surface area contributed by atoms with Gasteiger partial charge in [-0.05, 0) is 26.3 Å². The molecular weight excluding hydrogens is 345 g/mol. The summed E-state index contributed by atoms with van der Waals surface area (Å²) in [7, 11) is 0. The number of nitrogens with zero attached hydrogens (tertiary/aromatic N) is 2. The minimum Gasteiger partial charge on any atom is -0.328 e. The molecule has 1 unspecified atom stereocenters. The fraction of sp³-hybridized carbons (Fsp3) is 0.400. The predicted molar refractivity (Wildman–Crippen MR) is 80.4 cm³/mol. The first-order chi connectivity index (χ1) is 9.70. The Morgan fingerprint density at radius 1 is 1.10 bits per heavy atom. The first-order valence-electron chi connectivity index (χ1n) is 6.60. The zero-order valence-corrected chi connectivity index (χ0v) is 13.5. The van der Waals surface area contributed by atoms with Gasteiger partial charge in [0.15, 0.2) is 5.69 Å². The Labute approximate surface area is 130 Å². The summed E-state index contributed by atoms with van der Waals surface area (Å²) in [6.07, 6.45) is -3.36. The van der Waals surface area contributed by atoms with Gasteiger partial charge in [-0.1, -0.05) is 40.2 Å². The average molecular weight is 361 g/mol. The first-order valence-corrected chi connectivity index (χ1v) is 7.52. The van der Waals surface area contributed by atoms with Crippen LogP contribution in [0.25, 0.3) is 11.4 Å². The summed E-state index contributed by atoms with van der Waals surface area (Å²) in [5, 5.41) is 0. The summed E-state index contributed by atoms with van der Waals surface area (Å²) >= 11 is 3.46. The van der Waals surface area contributed by atoms with E-state index < -0.39 is 11.9 Å². The standard InChI is InChI=1S/C15H16BrF3N2/c1-9(2)21-8-13(15(17,18)19)20-14(21)12-6-4-11(5-7-12)10(3)16/h4-10H,1-3H3. The third-order valence-corrected chi connectivity index (χ3v) is 3.74. The Balaban J connectivity index is 2.49. The predicted octanol–water partition coefficient (Wildman–Crippen LogP) is 5.61. The van der Waals surface area contributed by atoms with Crippen molar-refractivity contribution in [1.82, 2.24) is 9.55 Å². The van der Waals surface area contributed by atoms with Crippen LogP contribution < -0.4 is 0 Å². The van der Waals surface area contributed by atoms with Gasteiger partial charge in [-0.15, -0.1) is 0 Å². The summed E-state index contributed by atoms with van der Waals surface area (Å²) in [5.74, 6) is 0.339. The number of alkyl halides is 4. The molecule has 1 heterocycles. The quantitative estimate of drug-likeness (QED) is 0.650. The Hall–Kier alpha value is -1.30. The molecule has 0 N–H and O–H groups in total. The van der Waals surface area contributed by atoms with Gasteiger partial charge in [0.2, 0.25) is 0 Å². The van der Waals surface area contributed by atoms with Crippen molar-refractivity contribution in [1.29, 1.82) is 0 Å². The minimum atomic E-state index is -4.43. The molecule has 2 aromatic rings. The smallest absolute Gasteiger partial charge is 0.328 e. The van der Waals surface area contributed by atoms with Crippen LogP contribution >= 0.6 is 15.9 Å². The van der Waals surface area contributed by atoms with Crippen molar-refractivity contribution in [3.8, 4) is 11.4 Å². The lowest BCUT2D eigenvalue weighted by Crippen LogP contribution is -2.05. The first kappa shape index (κ1) is 16.1. The van der Waals surface area contributed by atoms with Crippen LogP contribution in [0.2, 0.25) is 0 Å². The van der Waals surface area contributed by atoms with E-state index in [1.165, 1.54) is 0 Å². The third-order valence-electron chi connectivity index (χ3n) is 3.21. The van der Waals surface area contributed by atoms with Crippen LogP contribution in [-0.2, 0) is 6.18 Å². The zero-order chi connectivity index (χ0) is 15.8. The molecule has 0 fully saturated rings. The van der Waals surface area contributed by atoms with Gasteiger partial charge in [0.25, 0.3) is 0 Å². The van der Waals surface area contributed by atoms with Crippen LogP contribution in [0.4, 0.5) is 13.2 Å². The lowest BCUT2D eigenvalue weighted by atomic mass is 10.1. The molecule has 1 aromatic carbocycles. The number of imidazole rings is 1. The lowest BCUT2D eigenvalue weighted by Gasteiger charge is -2.12. The summed E-state index contributed by atoms with van der Waals surface area (Å²) in [6, 6.07) is 7.28. The van der Waals surface area contributed by atoms with Crippen LogP contribution in [0, 0.1) is 0 Å². The van der Waals surface area contributed by atoms with Gasteiger partial charge in [-0.2, -0.15) is 13.2 Å². The highest BCUT2D eigenvalue weighted by atomic mass is 79.9. The van der Waals surface area contributed by atoms with Crippen molar-refractivity contribution in [2.45, 2.75) is 37.8 Å². The maximum Gasteiger partial charge on any atom is 0.434 e. The molecule has 0 radical (unpaired) electrons. The summed E-state index contributed by atoms with van der Waals surface area (Å²) in [4.78, 5) is 3.97. The molecule has 21 heavy (non-hydrogen) atoms. The molecule has 0 aliphatic carbocycles. The van der Waals surface area contributed by atoms with Gasteiger partial charge in [0.1, 0.15) is 5.82 Å². The van der Waals surface area contributed by atoms with Gasteiger partial charge in [0, 0.05) is 22.6 Å². The van der Waals surface area contributed by atoms with Gasteiger partial charge < -0.3 is 4.57 Å². The van der Waals surface area contributed by atoms with Crippen molar-refractivity contribution in [2.24, 2.45) is 0 Å². The van der Waals surface area contributed by atoms with Crippen LogP contribution in [0.5, 0.6) is 0 Å². The monoisotopic (exact) mass is 360 g/mol. The van der Waals surface area contributed by atoms with E-state index in [2.05, 4.69) is 20.9 Å². The molecule has 6 heteroatoms. The van der Waals surface area contributed by atoms with Crippen molar-refractivity contribution < 1.29 is 13.2 Å². The fourth-order valence-corrected chi connectivity index (χ4v) is 2.34. The highest BCUT2D eigenvalue weighted by molar-refractivity contribution is 9.09. The van der Waals surface area contributed by atoms with Crippen molar-refractivity contribution in [3.05, 3.63) is 41.7 Å². The van der Waals surface area contributed by atoms with Crippen LogP contribution in [0.15, 0.2) is 30.5 Å². The normalized spacial score (nSPS) is 13.7. The summed E-state index contributed by atoms with van der Waals surface area (Å²) < 4.78 is 40.1. The molecule has 2 rings (SSSR count). The number of rotatable bonds is 3. The van der Waals surface area contributed by atoms with E-state index in [0.717, 1.165) is 11.8 Å². The lowest BCUT2D eigenvalue weighted by molar-refractivity contribution is -0.140. The molecule has 0 aliphatic rings. The zero-order valence-electron chi connectivity index (χ0n) is 11.9. The molecule has 0 saturated heterocycles. The Bertz CT molecular complexity index is 613. The maximum atomic E-state index is 12.8. The Morgan fingerprint density at radius 3 is 2.10 bits per heavy atom. The van der Waals surface area contributed by atoms with Crippen LogP contribution in [-0.4, -0.2) is 9.55 Å². The molecule has 0 bridgehead atoms. The molecule has 0 spiro atoms. The molecule has 0 amide bonds. The molecule has 0 aliphatic heterocycles. The molecule has 0 saturated carbocycles. The van der Waals surface area contributed by atoms with E-state index in [4.69, 9.17) is 0 Å². The van der Waals surface area contributed by atoms with Gasteiger partial charge >= 0.3 is 6.18 Å². The van der Waals surface area contributed by atoms with Gasteiger partial charge in [0.05, 0.1) is 0 Å². The molecule has 114 valence electrons. The molecule has 1 atom stereocenters. The second-order valence-electron chi connectivity index (χ2n) is 5.19. The van der Waals surface area contributed by atoms with Crippen LogP contribution in [0.1, 0.15) is 42.9 Å². The minimum absolute atomic E-state index is 0.0987. The SMILES string of the molecule is CC(Br)c1ccc(-c2nc(C(F)(F)F)cn2C(C)C)cc1. The van der Waals surface area contributed by atoms with Gasteiger partial charge in [-0.25, -0.2) is 4.98 Å². The van der Waals surface area contributed by atoms with E-state index in [1.54, 1.807) is 16.7 Å². The summed E-state index contributed by atoms with van der Waals surface area (Å²) in [5.41, 5.74) is 0.887. The number of benzene rings is 1. The number of halogens is 4. The third kappa shape index (κ3) is 3.48. The highest BCUT2D eigenvalue weighted by Gasteiger charge is 2.35. The average Bonchev–Trinajstić information content (AvgIpc) is 2.83. The number of hydrogen-bond donors (Lipinski definition) is 0. The second-order valence-corrected chi connectivity index (χ2v) is 6.56. The van der Waals surface area contributed by atoms with E-state index in [9.17, 15) is 13.2 Å². The van der Waals surface area contributed by atoms with E-state index in [0.29, 0.717) is 11.4 Å². The van der Waals surface area contributed by atoms with E-state index in [1.807, 2.05) is 32.9 Å². The summed E-state index contributed by atoms with van der Waals surface area (Å²) in [6.45, 7) is 5.66. The number of hydrogen-bond acceptors (Lipinski definition) is 1. The molecule has 2 nitrogen and oxygen atoms in total. The van der Waals surface area contributed by atoms with Crippen LogP contribution in [0.3, 0.4) is 0 Å². The van der Waals surface area contributed by atoms with E-state index >= 15 is 0 Å². The van der Waals surface area contributed by atoms with Crippen molar-refractivity contribution in [3.63, 3.8) is 0 Å². The fourth-order valence-electron chi connectivity index (χ4n) is 2.03. The number of aromatic nitrogens is 2. The topological polar surface area (TPSA) is 17.8 Å². The van der Waals surface area contributed by atoms with E-state index in [-0.39, 0.29) is 10.9 Å². The Kier molecular flexibility index (Phi) is 4.46. The molecule has 1 aromatic heterocycles. The molecular formula is C15H16BrF3N2. The largest absolute Gasteiger partial charge is 0.434 e. The maximum absolute atomic E-state index is 12.8. The van der Waals surface area contributed by atoms with Crippen molar-refractivity contribution in [2.75, 3.05) is 0 Å².